The van der Waals surface area contributed by atoms with Crippen molar-refractivity contribution in [2.45, 2.75) is 45.1 Å². The summed E-state index contributed by atoms with van der Waals surface area (Å²) in [7, 11) is 0. The number of aryl methyl sites for hydroxylation is 1. The number of nitrogens with zero attached hydrogens (tertiary/aromatic N) is 3. The van der Waals surface area contributed by atoms with Crippen LogP contribution < -0.4 is 5.32 Å². The number of aromatic nitrogens is 2. The van der Waals surface area contributed by atoms with Crippen molar-refractivity contribution in [2.75, 3.05) is 11.9 Å². The molecule has 32 heavy (non-hydrogen) atoms. The van der Waals surface area contributed by atoms with Gasteiger partial charge in [-0.1, -0.05) is 64.9 Å². The molecule has 1 unspecified atom stereocenters. The molecule has 0 spiro atoms. The maximum absolute atomic E-state index is 13.1. The molecule has 2 aromatic carbocycles. The Labute approximate surface area is 200 Å². The number of nitrogens with one attached hydrogen (secondary N) is 1. The summed E-state index contributed by atoms with van der Waals surface area (Å²) in [6.07, 6.45) is 4.74. The van der Waals surface area contributed by atoms with Gasteiger partial charge in [0, 0.05) is 22.1 Å². The van der Waals surface area contributed by atoms with Gasteiger partial charge < -0.3 is 4.90 Å². The van der Waals surface area contributed by atoms with Gasteiger partial charge in [-0.2, -0.15) is 0 Å². The van der Waals surface area contributed by atoms with E-state index in [4.69, 9.17) is 0 Å². The van der Waals surface area contributed by atoms with E-state index in [-0.39, 0.29) is 11.8 Å². The van der Waals surface area contributed by atoms with Gasteiger partial charge >= 0.3 is 0 Å². The molecule has 1 N–H and O–H groups in total. The van der Waals surface area contributed by atoms with Crippen LogP contribution >= 0.6 is 27.3 Å². The smallest absolute Gasteiger partial charge is 0.254 e. The first-order valence-corrected chi connectivity index (χ1v) is 12.5. The number of amides is 2. The number of halogens is 1. The molecule has 1 aliphatic rings. The number of likely N-dealkylation sites (tertiary alicyclic amines) is 1. The average Bonchev–Trinajstić information content (AvgIpc) is 3.48. The third-order valence-electron chi connectivity index (χ3n) is 5.58. The summed E-state index contributed by atoms with van der Waals surface area (Å²) < 4.78 is 0.987. The predicted octanol–water partition coefficient (Wildman–Crippen LogP) is 5.55. The standard InChI is InChI=1S/C24H25BrN4O2S/c1-2-3-5-16-7-9-18(10-8-16)23(31)29-15-4-6-20(29)21(30)26-24-28-27-22(32-24)17-11-13-19(25)14-12-17/h7-14,20H,2-6,15H2,1H3,(H,26,28,30). The maximum Gasteiger partial charge on any atom is 0.254 e. The molecule has 8 heteroatoms. The van der Waals surface area contributed by atoms with Gasteiger partial charge in [-0.05, 0) is 55.5 Å². The van der Waals surface area contributed by atoms with Crippen LogP contribution in [0.4, 0.5) is 5.13 Å². The van der Waals surface area contributed by atoms with E-state index in [0.29, 0.717) is 23.7 Å². The van der Waals surface area contributed by atoms with Crippen molar-refractivity contribution >= 4 is 44.2 Å². The normalized spacial score (nSPS) is 15.7. The summed E-state index contributed by atoms with van der Waals surface area (Å²) in [5.41, 5.74) is 2.79. The van der Waals surface area contributed by atoms with Crippen molar-refractivity contribution in [2.24, 2.45) is 0 Å². The maximum atomic E-state index is 13.1. The fraction of sp³-hybridized carbons (Fsp3) is 0.333. The largest absolute Gasteiger partial charge is 0.327 e. The van der Waals surface area contributed by atoms with Crippen LogP contribution in [0.15, 0.2) is 53.0 Å². The molecule has 1 saturated heterocycles. The second kappa shape index (κ2) is 10.4. The Bertz CT molecular complexity index is 1080. The second-order valence-corrected chi connectivity index (χ2v) is 9.76. The van der Waals surface area contributed by atoms with Crippen molar-refractivity contribution in [3.8, 4) is 10.6 Å². The molecule has 0 radical (unpaired) electrons. The van der Waals surface area contributed by atoms with Crippen LogP contribution in [0.5, 0.6) is 0 Å². The third kappa shape index (κ3) is 5.24. The fourth-order valence-corrected chi connectivity index (χ4v) is 4.83. The Hall–Kier alpha value is -2.58. The first-order valence-electron chi connectivity index (χ1n) is 10.9. The topological polar surface area (TPSA) is 75.2 Å². The lowest BCUT2D eigenvalue weighted by Gasteiger charge is -2.23. The van der Waals surface area contributed by atoms with Crippen LogP contribution in [0.3, 0.4) is 0 Å². The first kappa shape index (κ1) is 22.6. The zero-order chi connectivity index (χ0) is 22.5. The van der Waals surface area contributed by atoms with Crippen LogP contribution in [0.2, 0.25) is 0 Å². The van der Waals surface area contributed by atoms with Crippen molar-refractivity contribution in [1.82, 2.24) is 15.1 Å². The van der Waals surface area contributed by atoms with Gasteiger partial charge in [-0.15, -0.1) is 10.2 Å². The van der Waals surface area contributed by atoms with Gasteiger partial charge in [0.2, 0.25) is 11.0 Å². The third-order valence-corrected chi connectivity index (χ3v) is 7.00. The summed E-state index contributed by atoms with van der Waals surface area (Å²) in [4.78, 5) is 27.7. The Morgan fingerprint density at radius 2 is 1.88 bits per heavy atom. The minimum Gasteiger partial charge on any atom is -0.327 e. The van der Waals surface area contributed by atoms with E-state index in [0.717, 1.165) is 40.7 Å². The van der Waals surface area contributed by atoms with E-state index in [1.54, 1.807) is 4.90 Å². The number of carbonyl (C=O) groups excluding carboxylic acids is 2. The summed E-state index contributed by atoms with van der Waals surface area (Å²) in [5.74, 6) is -0.313. The number of benzene rings is 2. The van der Waals surface area contributed by atoms with Gasteiger partial charge in [0.25, 0.3) is 5.91 Å². The molecule has 4 rings (SSSR count). The van der Waals surface area contributed by atoms with Crippen molar-refractivity contribution in [3.05, 3.63) is 64.1 Å². The SMILES string of the molecule is CCCCc1ccc(C(=O)N2CCCC2C(=O)Nc2nnc(-c3ccc(Br)cc3)s2)cc1. The Morgan fingerprint density at radius 3 is 2.59 bits per heavy atom. The number of rotatable bonds is 7. The number of hydrogen-bond donors (Lipinski definition) is 1. The monoisotopic (exact) mass is 512 g/mol. The van der Waals surface area contributed by atoms with Gasteiger partial charge in [0.15, 0.2) is 0 Å². The van der Waals surface area contributed by atoms with Crippen molar-refractivity contribution < 1.29 is 9.59 Å². The zero-order valence-electron chi connectivity index (χ0n) is 17.9. The average molecular weight is 513 g/mol. The zero-order valence-corrected chi connectivity index (χ0v) is 20.3. The van der Waals surface area contributed by atoms with E-state index in [1.165, 1.54) is 16.9 Å². The van der Waals surface area contributed by atoms with Gasteiger partial charge in [-0.25, -0.2) is 0 Å². The van der Waals surface area contributed by atoms with E-state index in [1.807, 2.05) is 48.5 Å². The molecule has 1 aliphatic heterocycles. The highest BCUT2D eigenvalue weighted by Crippen LogP contribution is 2.28. The first-order chi connectivity index (χ1) is 15.5. The van der Waals surface area contributed by atoms with Gasteiger partial charge in [0.1, 0.15) is 11.0 Å². The molecule has 1 atom stereocenters. The lowest BCUT2D eigenvalue weighted by Crippen LogP contribution is -2.43. The van der Waals surface area contributed by atoms with Crippen LogP contribution in [0, 0.1) is 0 Å². The predicted molar refractivity (Wildman–Crippen MR) is 131 cm³/mol. The molecule has 3 aromatic rings. The molecular formula is C24H25BrN4O2S. The van der Waals surface area contributed by atoms with Gasteiger partial charge in [0.05, 0.1) is 0 Å². The van der Waals surface area contributed by atoms with Crippen LogP contribution in [0.25, 0.3) is 10.6 Å². The molecule has 0 bridgehead atoms. The molecule has 1 aromatic heterocycles. The Kier molecular flexibility index (Phi) is 7.32. The van der Waals surface area contributed by atoms with E-state index < -0.39 is 6.04 Å². The van der Waals surface area contributed by atoms with E-state index >= 15 is 0 Å². The summed E-state index contributed by atoms with van der Waals surface area (Å²) in [6, 6.07) is 15.0. The number of unbranched alkanes of at least 4 members (excludes halogenated alkanes) is 1. The van der Waals surface area contributed by atoms with Gasteiger partial charge in [-0.3, -0.25) is 14.9 Å². The molecule has 2 heterocycles. The summed E-state index contributed by atoms with van der Waals surface area (Å²) in [5, 5.41) is 12.3. The lowest BCUT2D eigenvalue weighted by molar-refractivity contribution is -0.119. The molecule has 0 aliphatic carbocycles. The van der Waals surface area contributed by atoms with Crippen LogP contribution in [-0.4, -0.2) is 39.5 Å². The van der Waals surface area contributed by atoms with Crippen molar-refractivity contribution in [1.29, 1.82) is 0 Å². The summed E-state index contributed by atoms with van der Waals surface area (Å²) >= 11 is 4.74. The minimum absolute atomic E-state index is 0.0995. The molecular weight excluding hydrogens is 488 g/mol. The highest BCUT2D eigenvalue weighted by Gasteiger charge is 2.35. The fourth-order valence-electron chi connectivity index (χ4n) is 3.81. The molecule has 166 valence electrons. The molecule has 1 fully saturated rings. The summed E-state index contributed by atoms with van der Waals surface area (Å²) in [6.45, 7) is 2.74. The second-order valence-electron chi connectivity index (χ2n) is 7.87. The highest BCUT2D eigenvalue weighted by molar-refractivity contribution is 9.10. The highest BCUT2D eigenvalue weighted by atomic mass is 79.9. The van der Waals surface area contributed by atoms with Crippen LogP contribution in [-0.2, 0) is 11.2 Å². The number of anilines is 1. The van der Waals surface area contributed by atoms with E-state index in [2.05, 4.69) is 38.4 Å². The molecule has 2 amide bonds. The van der Waals surface area contributed by atoms with Crippen molar-refractivity contribution in [3.63, 3.8) is 0 Å². The minimum atomic E-state index is -0.498. The number of hydrogen-bond acceptors (Lipinski definition) is 5. The molecule has 0 saturated carbocycles. The quantitative estimate of drug-likeness (QED) is 0.449. The Morgan fingerprint density at radius 1 is 1.12 bits per heavy atom. The van der Waals surface area contributed by atoms with Crippen LogP contribution in [0.1, 0.15) is 48.5 Å². The Balaban J connectivity index is 1.41. The molecule has 6 nitrogen and oxygen atoms in total. The number of carbonyl (C=O) groups is 2. The van der Waals surface area contributed by atoms with E-state index in [9.17, 15) is 9.59 Å². The lowest BCUT2D eigenvalue weighted by atomic mass is 10.1.